The lowest BCUT2D eigenvalue weighted by atomic mass is 9.99. The Kier molecular flexibility index (Phi) is 6.00. The van der Waals surface area contributed by atoms with Crippen LogP contribution < -0.4 is 25.0 Å². The van der Waals surface area contributed by atoms with Crippen LogP contribution in [0.15, 0.2) is 30.3 Å². The monoisotopic (exact) mass is 439 g/mol. The Balaban J connectivity index is 1.37. The highest BCUT2D eigenvalue weighted by molar-refractivity contribution is 6.39. The first-order valence-electron chi connectivity index (χ1n) is 10.4. The zero-order valence-corrected chi connectivity index (χ0v) is 17.9. The van der Waals surface area contributed by atoms with Gasteiger partial charge in [0.1, 0.15) is 0 Å². The van der Waals surface area contributed by atoms with Gasteiger partial charge in [-0.25, -0.2) is 0 Å². The van der Waals surface area contributed by atoms with Gasteiger partial charge in [0.05, 0.1) is 32.4 Å². The van der Waals surface area contributed by atoms with Crippen molar-refractivity contribution in [2.45, 2.75) is 25.4 Å². The molecule has 0 aliphatic carbocycles. The van der Waals surface area contributed by atoms with Crippen LogP contribution in [0.1, 0.15) is 29.2 Å². The Morgan fingerprint density at radius 1 is 1.09 bits per heavy atom. The SMILES string of the molecule is COc1ccc(C(O)CNC(=O)C(=O)Nc2cc3c4c(c2)CC(=O)N4CCC3)cc1OC. The molecule has 1 unspecified atom stereocenters. The number of hydrogen-bond acceptors (Lipinski definition) is 6. The zero-order chi connectivity index (χ0) is 22.8. The number of hydrogen-bond donors (Lipinski definition) is 3. The molecule has 3 amide bonds. The van der Waals surface area contributed by atoms with Gasteiger partial charge in [-0.15, -0.1) is 0 Å². The Bertz CT molecular complexity index is 1080. The third kappa shape index (κ3) is 4.11. The van der Waals surface area contributed by atoms with Crippen molar-refractivity contribution in [1.29, 1.82) is 0 Å². The first kappa shape index (κ1) is 21.6. The molecule has 0 bridgehead atoms. The Morgan fingerprint density at radius 3 is 2.59 bits per heavy atom. The van der Waals surface area contributed by atoms with Crippen molar-refractivity contribution < 1.29 is 29.0 Å². The molecule has 2 aliphatic heterocycles. The minimum Gasteiger partial charge on any atom is -0.493 e. The summed E-state index contributed by atoms with van der Waals surface area (Å²) in [6.07, 6.45) is 0.951. The standard InChI is InChI=1S/C23H25N3O6/c1-31-18-6-5-13(10-19(18)32-2)17(27)12-24-22(29)23(30)25-16-8-14-4-3-7-26-20(28)11-15(9-16)21(14)26/h5-6,8-10,17,27H,3-4,7,11-12H2,1-2H3,(H,24,29)(H,25,30). The number of ether oxygens (including phenoxy) is 2. The van der Waals surface area contributed by atoms with E-state index in [0.717, 1.165) is 36.2 Å². The van der Waals surface area contributed by atoms with Gasteiger partial charge in [-0.05, 0) is 53.8 Å². The summed E-state index contributed by atoms with van der Waals surface area (Å²) in [5, 5.41) is 15.4. The van der Waals surface area contributed by atoms with E-state index in [0.29, 0.717) is 29.2 Å². The number of rotatable bonds is 6. The van der Waals surface area contributed by atoms with Gasteiger partial charge in [0, 0.05) is 18.8 Å². The van der Waals surface area contributed by atoms with Crippen LogP contribution in [0.2, 0.25) is 0 Å². The summed E-state index contributed by atoms with van der Waals surface area (Å²) in [6.45, 7) is 0.565. The summed E-state index contributed by atoms with van der Waals surface area (Å²) in [4.78, 5) is 38.6. The first-order chi connectivity index (χ1) is 15.4. The number of nitrogens with one attached hydrogen (secondary N) is 2. The van der Waals surface area contributed by atoms with Crippen LogP contribution in [0.4, 0.5) is 11.4 Å². The predicted octanol–water partition coefficient (Wildman–Crippen LogP) is 1.33. The molecule has 2 aromatic carbocycles. The number of aliphatic hydroxyl groups excluding tert-OH is 1. The number of carbonyl (C=O) groups excluding carboxylic acids is 3. The van der Waals surface area contributed by atoms with E-state index in [1.165, 1.54) is 14.2 Å². The van der Waals surface area contributed by atoms with Crippen molar-refractivity contribution in [3.05, 3.63) is 47.0 Å². The van der Waals surface area contributed by atoms with E-state index in [-0.39, 0.29) is 12.5 Å². The number of aryl methyl sites for hydroxylation is 1. The van der Waals surface area contributed by atoms with Gasteiger partial charge in [-0.2, -0.15) is 0 Å². The minimum atomic E-state index is -1.03. The van der Waals surface area contributed by atoms with E-state index in [4.69, 9.17) is 9.47 Å². The topological polar surface area (TPSA) is 117 Å². The molecule has 9 nitrogen and oxygen atoms in total. The summed E-state index contributed by atoms with van der Waals surface area (Å²) in [6, 6.07) is 8.46. The van der Waals surface area contributed by atoms with Crippen molar-refractivity contribution in [2.75, 3.05) is 37.5 Å². The van der Waals surface area contributed by atoms with Crippen molar-refractivity contribution in [3.63, 3.8) is 0 Å². The molecule has 0 radical (unpaired) electrons. The number of benzene rings is 2. The zero-order valence-electron chi connectivity index (χ0n) is 17.9. The van der Waals surface area contributed by atoms with E-state index in [2.05, 4.69) is 10.6 Å². The van der Waals surface area contributed by atoms with Crippen molar-refractivity contribution >= 4 is 29.1 Å². The molecule has 2 aliphatic rings. The third-order valence-corrected chi connectivity index (χ3v) is 5.72. The second-order valence-electron chi connectivity index (χ2n) is 7.76. The Labute approximate surface area is 185 Å². The molecule has 32 heavy (non-hydrogen) atoms. The molecular weight excluding hydrogens is 414 g/mol. The van der Waals surface area contributed by atoms with Crippen LogP contribution in [0.5, 0.6) is 11.5 Å². The molecule has 0 saturated carbocycles. The molecule has 0 fully saturated rings. The van der Waals surface area contributed by atoms with Gasteiger partial charge >= 0.3 is 11.8 Å². The first-order valence-corrected chi connectivity index (χ1v) is 10.4. The van der Waals surface area contributed by atoms with Crippen molar-refractivity contribution in [1.82, 2.24) is 5.32 Å². The fourth-order valence-electron chi connectivity index (χ4n) is 4.19. The van der Waals surface area contributed by atoms with Gasteiger partial charge in [0.15, 0.2) is 11.5 Å². The summed E-state index contributed by atoms with van der Waals surface area (Å²) in [7, 11) is 3.00. The quantitative estimate of drug-likeness (QED) is 0.585. The molecule has 0 aromatic heterocycles. The van der Waals surface area contributed by atoms with Gasteiger partial charge in [-0.3, -0.25) is 14.4 Å². The highest BCUT2D eigenvalue weighted by Gasteiger charge is 2.32. The van der Waals surface area contributed by atoms with Gasteiger partial charge < -0.3 is 30.1 Å². The average Bonchev–Trinajstić information content (AvgIpc) is 3.13. The fourth-order valence-corrected chi connectivity index (χ4v) is 4.19. The van der Waals surface area contributed by atoms with Gasteiger partial charge in [0.25, 0.3) is 0 Å². The molecule has 0 saturated heterocycles. The maximum atomic E-state index is 12.4. The lowest BCUT2D eigenvalue weighted by molar-refractivity contribution is -0.136. The summed E-state index contributed by atoms with van der Waals surface area (Å²) < 4.78 is 10.4. The highest BCUT2D eigenvalue weighted by atomic mass is 16.5. The molecule has 3 N–H and O–H groups in total. The Morgan fingerprint density at radius 2 is 1.84 bits per heavy atom. The molecule has 168 valence electrons. The second-order valence-corrected chi connectivity index (χ2v) is 7.76. The van der Waals surface area contributed by atoms with E-state index in [1.54, 1.807) is 29.2 Å². The fraction of sp³-hybridized carbons (Fsp3) is 0.348. The predicted molar refractivity (Wildman–Crippen MR) is 117 cm³/mol. The Hall–Kier alpha value is -3.59. The number of nitrogens with zero attached hydrogens (tertiary/aromatic N) is 1. The van der Waals surface area contributed by atoms with Gasteiger partial charge in [0.2, 0.25) is 5.91 Å². The highest BCUT2D eigenvalue weighted by Crippen LogP contribution is 2.38. The van der Waals surface area contributed by atoms with E-state index < -0.39 is 17.9 Å². The van der Waals surface area contributed by atoms with Crippen LogP contribution in [-0.2, 0) is 27.2 Å². The normalized spacial score (nSPS) is 15.1. The van der Waals surface area contributed by atoms with Crippen LogP contribution in [0, 0.1) is 0 Å². The number of methoxy groups -OCH3 is 2. The molecule has 0 spiro atoms. The third-order valence-electron chi connectivity index (χ3n) is 5.72. The van der Waals surface area contributed by atoms with Crippen LogP contribution >= 0.6 is 0 Å². The summed E-state index contributed by atoms with van der Waals surface area (Å²) in [5.41, 5.74) is 3.80. The van der Waals surface area contributed by atoms with Crippen LogP contribution in [-0.4, -0.2) is 50.1 Å². The van der Waals surface area contributed by atoms with Crippen molar-refractivity contribution in [3.8, 4) is 11.5 Å². The number of carbonyl (C=O) groups is 3. The molecular formula is C23H25N3O6. The van der Waals surface area contributed by atoms with E-state index in [1.807, 2.05) is 6.07 Å². The average molecular weight is 439 g/mol. The second kappa shape index (κ2) is 8.88. The lowest BCUT2D eigenvalue weighted by Crippen LogP contribution is -2.37. The van der Waals surface area contributed by atoms with E-state index in [9.17, 15) is 19.5 Å². The van der Waals surface area contributed by atoms with E-state index >= 15 is 0 Å². The smallest absolute Gasteiger partial charge is 0.313 e. The van der Waals surface area contributed by atoms with Crippen LogP contribution in [0.3, 0.4) is 0 Å². The maximum Gasteiger partial charge on any atom is 0.313 e. The minimum absolute atomic E-state index is 0.0614. The van der Waals surface area contributed by atoms with Gasteiger partial charge in [-0.1, -0.05) is 6.07 Å². The number of anilines is 2. The largest absolute Gasteiger partial charge is 0.493 e. The number of amides is 3. The summed E-state index contributed by atoms with van der Waals surface area (Å²) in [5.74, 6) is -0.674. The molecule has 9 heteroatoms. The molecule has 2 aromatic rings. The molecule has 2 heterocycles. The number of aliphatic hydroxyl groups is 1. The lowest BCUT2D eigenvalue weighted by Gasteiger charge is -2.26. The summed E-state index contributed by atoms with van der Waals surface area (Å²) >= 11 is 0. The molecule has 1 atom stereocenters. The maximum absolute atomic E-state index is 12.4. The van der Waals surface area contributed by atoms with Crippen LogP contribution in [0.25, 0.3) is 0 Å². The van der Waals surface area contributed by atoms with Crippen molar-refractivity contribution in [2.24, 2.45) is 0 Å². The molecule has 4 rings (SSSR count).